The number of carbonyl (C=O) groups excluding carboxylic acids is 1. The Bertz CT molecular complexity index is 461. The fraction of sp³-hybridized carbons (Fsp3) is 0.462. The number of likely N-dealkylation sites (tertiary alicyclic amines) is 1. The molecular weight excluding hydrogens is 269 g/mol. The maximum atomic E-state index is 13.2. The minimum Gasteiger partial charge on any atom is -0.328 e. The Hall–Kier alpha value is -1.17. The van der Waals surface area contributed by atoms with Crippen molar-refractivity contribution in [3.8, 4) is 0 Å². The van der Waals surface area contributed by atoms with Crippen LogP contribution in [0.1, 0.15) is 12.8 Å². The number of piperidine rings is 1. The number of nitrogens with one attached hydrogen (secondary N) is 1. The number of hydrogen-bond acceptors (Lipinski definition) is 3. The zero-order valence-corrected chi connectivity index (χ0v) is 11.3. The Labute approximate surface area is 116 Å². The van der Waals surface area contributed by atoms with Crippen LogP contribution in [-0.4, -0.2) is 36.5 Å². The highest BCUT2D eigenvalue weighted by Gasteiger charge is 2.18. The lowest BCUT2D eigenvalue weighted by Gasteiger charge is -2.29. The smallest absolute Gasteiger partial charge is 0.238 e. The molecule has 1 fully saturated rings. The van der Waals surface area contributed by atoms with Gasteiger partial charge in [0.1, 0.15) is 5.82 Å². The molecule has 1 aliphatic heterocycles. The summed E-state index contributed by atoms with van der Waals surface area (Å²) in [5.41, 5.74) is 6.22. The van der Waals surface area contributed by atoms with Gasteiger partial charge in [-0.05, 0) is 31.0 Å². The zero-order valence-electron chi connectivity index (χ0n) is 10.5. The molecule has 0 atom stereocenters. The Morgan fingerprint density at radius 3 is 2.79 bits per heavy atom. The van der Waals surface area contributed by atoms with Gasteiger partial charge in [0, 0.05) is 24.8 Å². The number of halogens is 2. The van der Waals surface area contributed by atoms with Gasteiger partial charge in [-0.2, -0.15) is 0 Å². The highest BCUT2D eigenvalue weighted by Crippen LogP contribution is 2.18. The molecule has 2 rings (SSSR count). The molecule has 1 heterocycles. The number of rotatable bonds is 3. The number of nitrogens with two attached hydrogens (primary N) is 1. The van der Waals surface area contributed by atoms with E-state index in [1.807, 2.05) is 4.90 Å². The third-order valence-electron chi connectivity index (χ3n) is 3.20. The Morgan fingerprint density at radius 1 is 1.47 bits per heavy atom. The fourth-order valence-electron chi connectivity index (χ4n) is 2.09. The van der Waals surface area contributed by atoms with E-state index in [2.05, 4.69) is 5.32 Å². The second kappa shape index (κ2) is 6.32. The summed E-state index contributed by atoms with van der Waals surface area (Å²) in [5.74, 6) is -0.694. The van der Waals surface area contributed by atoms with Crippen LogP contribution >= 0.6 is 11.6 Å². The van der Waals surface area contributed by atoms with Crippen LogP contribution in [0.3, 0.4) is 0 Å². The van der Waals surface area contributed by atoms with Crippen molar-refractivity contribution in [2.24, 2.45) is 5.73 Å². The van der Waals surface area contributed by atoms with Gasteiger partial charge >= 0.3 is 0 Å². The average molecular weight is 286 g/mol. The summed E-state index contributed by atoms with van der Waals surface area (Å²) >= 11 is 5.58. The van der Waals surface area contributed by atoms with Gasteiger partial charge < -0.3 is 11.1 Å². The van der Waals surface area contributed by atoms with Gasteiger partial charge in [-0.3, -0.25) is 9.69 Å². The lowest BCUT2D eigenvalue weighted by Crippen LogP contribution is -2.43. The quantitative estimate of drug-likeness (QED) is 0.891. The van der Waals surface area contributed by atoms with Crippen molar-refractivity contribution < 1.29 is 9.18 Å². The van der Waals surface area contributed by atoms with Gasteiger partial charge in [0.15, 0.2) is 0 Å². The van der Waals surface area contributed by atoms with Crippen molar-refractivity contribution in [2.75, 3.05) is 25.0 Å². The fourth-order valence-corrected chi connectivity index (χ4v) is 2.21. The van der Waals surface area contributed by atoms with E-state index >= 15 is 0 Å². The van der Waals surface area contributed by atoms with E-state index in [0.717, 1.165) is 25.9 Å². The summed E-state index contributed by atoms with van der Waals surface area (Å²) in [6.45, 7) is 1.95. The van der Waals surface area contributed by atoms with Gasteiger partial charge in [-0.1, -0.05) is 11.6 Å². The first kappa shape index (κ1) is 14.2. The van der Waals surface area contributed by atoms with Crippen LogP contribution in [0.25, 0.3) is 0 Å². The van der Waals surface area contributed by atoms with E-state index in [9.17, 15) is 9.18 Å². The Balaban J connectivity index is 1.85. The molecular formula is C13H17ClFN3O. The van der Waals surface area contributed by atoms with Crippen molar-refractivity contribution in [1.82, 2.24) is 4.90 Å². The summed E-state index contributed by atoms with van der Waals surface area (Å²) in [6.07, 6.45) is 1.81. The van der Waals surface area contributed by atoms with Gasteiger partial charge in [0.2, 0.25) is 5.91 Å². The summed E-state index contributed by atoms with van der Waals surface area (Å²) in [6, 6.07) is 4.46. The molecule has 3 N–H and O–H groups in total. The Kier molecular flexibility index (Phi) is 4.74. The molecule has 0 radical (unpaired) electrons. The van der Waals surface area contributed by atoms with Crippen molar-refractivity contribution in [3.05, 3.63) is 29.0 Å². The topological polar surface area (TPSA) is 58.4 Å². The highest BCUT2D eigenvalue weighted by atomic mass is 35.5. The lowest BCUT2D eigenvalue weighted by molar-refractivity contribution is -0.117. The van der Waals surface area contributed by atoms with Crippen LogP contribution in [0.5, 0.6) is 0 Å². The number of nitrogens with zero attached hydrogens (tertiary/aromatic N) is 1. The lowest BCUT2D eigenvalue weighted by atomic mass is 10.1. The molecule has 0 aliphatic carbocycles. The van der Waals surface area contributed by atoms with E-state index in [4.69, 9.17) is 17.3 Å². The number of anilines is 1. The number of hydrogen-bond donors (Lipinski definition) is 2. The molecule has 0 spiro atoms. The van der Waals surface area contributed by atoms with Crippen molar-refractivity contribution in [2.45, 2.75) is 18.9 Å². The maximum Gasteiger partial charge on any atom is 0.238 e. The number of carbonyl (C=O) groups is 1. The first-order valence-corrected chi connectivity index (χ1v) is 6.65. The largest absolute Gasteiger partial charge is 0.328 e. The first-order valence-electron chi connectivity index (χ1n) is 6.27. The molecule has 19 heavy (non-hydrogen) atoms. The minimum absolute atomic E-state index is 0.0445. The van der Waals surface area contributed by atoms with Crippen molar-refractivity contribution in [1.29, 1.82) is 0 Å². The number of amides is 1. The summed E-state index contributed by atoms with van der Waals surface area (Å²) in [7, 11) is 0. The summed E-state index contributed by atoms with van der Waals surface area (Å²) in [5, 5.41) is 2.70. The first-order chi connectivity index (χ1) is 9.04. The van der Waals surface area contributed by atoms with E-state index in [0.29, 0.717) is 12.2 Å². The van der Waals surface area contributed by atoms with Gasteiger partial charge in [0.05, 0.1) is 11.6 Å². The van der Waals surface area contributed by atoms with E-state index in [1.165, 1.54) is 12.1 Å². The van der Waals surface area contributed by atoms with Crippen LogP contribution < -0.4 is 11.1 Å². The maximum absolute atomic E-state index is 13.2. The normalized spacial score (nSPS) is 17.4. The summed E-state index contributed by atoms with van der Waals surface area (Å²) < 4.78 is 13.2. The third-order valence-corrected chi connectivity index (χ3v) is 3.51. The third kappa shape index (κ3) is 4.16. The molecule has 1 saturated heterocycles. The molecule has 4 nitrogen and oxygen atoms in total. The van der Waals surface area contributed by atoms with Crippen molar-refractivity contribution in [3.63, 3.8) is 0 Å². The summed E-state index contributed by atoms with van der Waals surface area (Å²) in [4.78, 5) is 13.9. The predicted molar refractivity (Wildman–Crippen MR) is 73.7 cm³/mol. The van der Waals surface area contributed by atoms with Gasteiger partial charge in [-0.25, -0.2) is 4.39 Å². The zero-order chi connectivity index (χ0) is 13.8. The van der Waals surface area contributed by atoms with E-state index in [-0.39, 0.29) is 17.0 Å². The Morgan fingerprint density at radius 2 is 2.16 bits per heavy atom. The molecule has 0 aromatic heterocycles. The molecule has 104 valence electrons. The molecule has 1 aromatic rings. The van der Waals surface area contributed by atoms with E-state index < -0.39 is 5.82 Å². The van der Waals surface area contributed by atoms with Crippen LogP contribution in [0.4, 0.5) is 10.1 Å². The molecule has 0 bridgehead atoms. The monoisotopic (exact) mass is 285 g/mol. The number of benzene rings is 1. The SMILES string of the molecule is NC1CCN(CC(=O)Nc2ccc(Cl)c(F)c2)CC1. The minimum atomic E-state index is -0.539. The molecule has 1 amide bonds. The van der Waals surface area contributed by atoms with Crippen LogP contribution in [0.15, 0.2) is 18.2 Å². The second-order valence-electron chi connectivity index (χ2n) is 4.79. The van der Waals surface area contributed by atoms with Crippen LogP contribution in [-0.2, 0) is 4.79 Å². The predicted octanol–water partition coefficient (Wildman–Crippen LogP) is 1.84. The second-order valence-corrected chi connectivity index (χ2v) is 5.20. The standard InChI is InChI=1S/C13H17ClFN3O/c14-11-2-1-10(7-12(11)15)17-13(19)8-18-5-3-9(16)4-6-18/h1-2,7,9H,3-6,8,16H2,(H,17,19). The molecule has 0 saturated carbocycles. The van der Waals surface area contributed by atoms with Crippen LogP contribution in [0, 0.1) is 5.82 Å². The molecule has 1 aromatic carbocycles. The highest BCUT2D eigenvalue weighted by molar-refractivity contribution is 6.30. The van der Waals surface area contributed by atoms with Crippen LogP contribution in [0.2, 0.25) is 5.02 Å². The van der Waals surface area contributed by atoms with Gasteiger partial charge in [0.25, 0.3) is 0 Å². The molecule has 6 heteroatoms. The van der Waals surface area contributed by atoms with E-state index in [1.54, 1.807) is 6.07 Å². The average Bonchev–Trinajstić information content (AvgIpc) is 2.37. The van der Waals surface area contributed by atoms with Crippen molar-refractivity contribution >= 4 is 23.2 Å². The van der Waals surface area contributed by atoms with Gasteiger partial charge in [-0.15, -0.1) is 0 Å². The molecule has 0 unspecified atom stereocenters. The molecule has 1 aliphatic rings.